The smallest absolute Gasteiger partial charge is 0.322 e. The molecule has 2 aromatic carbocycles. The normalized spacial score (nSPS) is 12.5. The van der Waals surface area contributed by atoms with E-state index in [-0.39, 0.29) is 18.6 Å². The number of para-hydroxylation sites is 1. The number of aromatic hydroxyl groups is 1. The summed E-state index contributed by atoms with van der Waals surface area (Å²) in [5.41, 5.74) is 8.57. The van der Waals surface area contributed by atoms with Crippen molar-refractivity contribution in [2.45, 2.75) is 24.9 Å². The van der Waals surface area contributed by atoms with Crippen molar-refractivity contribution in [3.63, 3.8) is 0 Å². The minimum absolute atomic E-state index is 0.0506. The number of rotatable bonds is 11. The first-order valence-corrected chi connectivity index (χ1v) is 10.9. The van der Waals surface area contributed by atoms with Crippen molar-refractivity contribution in [1.29, 1.82) is 0 Å². The van der Waals surface area contributed by atoms with E-state index in [0.717, 1.165) is 16.5 Å². The van der Waals surface area contributed by atoms with E-state index in [4.69, 9.17) is 10.8 Å². The summed E-state index contributed by atoms with van der Waals surface area (Å²) >= 11 is 0. The Labute approximate surface area is 200 Å². The summed E-state index contributed by atoms with van der Waals surface area (Å²) in [6.45, 7) is -1.04. The molecule has 0 fully saturated rings. The highest BCUT2D eigenvalue weighted by Gasteiger charge is 2.25. The Bertz CT molecular complexity index is 1210. The molecule has 2 unspecified atom stereocenters. The van der Waals surface area contributed by atoms with Crippen molar-refractivity contribution < 1.29 is 29.4 Å². The van der Waals surface area contributed by atoms with Crippen molar-refractivity contribution in [3.8, 4) is 5.75 Å². The van der Waals surface area contributed by atoms with Gasteiger partial charge in [0.15, 0.2) is 0 Å². The SMILES string of the molecule is NC(Cc1c[nH]c2ccccc12)C(=O)NC(Cc1ccc(O)cc1)C(=O)NCC(=O)NCC(=O)O. The number of fused-ring (bicyclic) bond motifs is 1. The molecule has 0 bridgehead atoms. The summed E-state index contributed by atoms with van der Waals surface area (Å²) < 4.78 is 0. The van der Waals surface area contributed by atoms with E-state index in [1.54, 1.807) is 18.3 Å². The Hall–Kier alpha value is -4.38. The first-order valence-electron chi connectivity index (χ1n) is 10.9. The molecule has 11 heteroatoms. The molecular formula is C24H27N5O6. The maximum atomic E-state index is 12.9. The molecule has 11 nitrogen and oxygen atoms in total. The van der Waals surface area contributed by atoms with Crippen molar-refractivity contribution >= 4 is 34.6 Å². The number of hydrogen-bond acceptors (Lipinski definition) is 6. The van der Waals surface area contributed by atoms with Gasteiger partial charge in [-0.05, 0) is 35.7 Å². The van der Waals surface area contributed by atoms with Gasteiger partial charge in [-0.2, -0.15) is 0 Å². The monoisotopic (exact) mass is 481 g/mol. The van der Waals surface area contributed by atoms with Gasteiger partial charge in [0.2, 0.25) is 17.7 Å². The number of carboxylic acid groups (broad SMARTS) is 1. The highest BCUT2D eigenvalue weighted by atomic mass is 16.4. The van der Waals surface area contributed by atoms with Crippen LogP contribution in [0.2, 0.25) is 0 Å². The summed E-state index contributed by atoms with van der Waals surface area (Å²) in [6, 6.07) is 11.7. The number of phenols is 1. The molecule has 184 valence electrons. The molecule has 0 saturated carbocycles. The first-order chi connectivity index (χ1) is 16.7. The Kier molecular flexibility index (Phi) is 8.41. The summed E-state index contributed by atoms with van der Waals surface area (Å²) in [7, 11) is 0. The number of aliphatic carboxylic acids is 1. The van der Waals surface area contributed by atoms with Crippen LogP contribution in [0.4, 0.5) is 0 Å². The number of nitrogens with one attached hydrogen (secondary N) is 4. The second kappa shape index (κ2) is 11.7. The lowest BCUT2D eigenvalue weighted by atomic mass is 10.0. The third kappa shape index (κ3) is 7.30. The van der Waals surface area contributed by atoms with Crippen LogP contribution in [-0.4, -0.2) is 64.1 Å². The Balaban J connectivity index is 1.66. The number of aromatic nitrogens is 1. The number of carbonyl (C=O) groups is 4. The van der Waals surface area contributed by atoms with Crippen LogP contribution in [0.3, 0.4) is 0 Å². The third-order valence-electron chi connectivity index (χ3n) is 5.32. The molecular weight excluding hydrogens is 454 g/mol. The number of hydrogen-bond donors (Lipinski definition) is 7. The fourth-order valence-electron chi connectivity index (χ4n) is 3.51. The molecule has 1 heterocycles. The number of benzene rings is 2. The lowest BCUT2D eigenvalue weighted by molar-refractivity contribution is -0.138. The van der Waals surface area contributed by atoms with E-state index in [0.29, 0.717) is 5.56 Å². The molecule has 0 aliphatic heterocycles. The highest BCUT2D eigenvalue weighted by Crippen LogP contribution is 2.19. The van der Waals surface area contributed by atoms with Crippen LogP contribution in [0.5, 0.6) is 5.75 Å². The molecule has 2 atom stereocenters. The number of carbonyl (C=O) groups excluding carboxylic acids is 3. The summed E-state index contributed by atoms with van der Waals surface area (Å²) in [5, 5.41) is 26.3. The second-order valence-corrected chi connectivity index (χ2v) is 7.99. The highest BCUT2D eigenvalue weighted by molar-refractivity contribution is 5.93. The zero-order chi connectivity index (χ0) is 25.4. The molecule has 3 amide bonds. The average molecular weight is 482 g/mol. The number of H-pyrrole nitrogens is 1. The zero-order valence-electron chi connectivity index (χ0n) is 18.8. The molecule has 3 rings (SSSR count). The third-order valence-corrected chi connectivity index (χ3v) is 5.32. The minimum Gasteiger partial charge on any atom is -0.508 e. The number of carboxylic acids is 1. The van der Waals surface area contributed by atoms with Gasteiger partial charge in [0.05, 0.1) is 12.6 Å². The first kappa shape index (κ1) is 25.2. The number of amides is 3. The topological polar surface area (TPSA) is 187 Å². The molecule has 8 N–H and O–H groups in total. The van der Waals surface area contributed by atoms with E-state index >= 15 is 0 Å². The van der Waals surface area contributed by atoms with E-state index in [9.17, 15) is 24.3 Å². The van der Waals surface area contributed by atoms with Crippen molar-refractivity contribution in [1.82, 2.24) is 20.9 Å². The lowest BCUT2D eigenvalue weighted by Gasteiger charge is -2.21. The molecule has 0 saturated heterocycles. The minimum atomic E-state index is -1.22. The van der Waals surface area contributed by atoms with Crippen LogP contribution in [0.1, 0.15) is 11.1 Å². The number of aromatic amines is 1. The predicted molar refractivity (Wildman–Crippen MR) is 127 cm³/mol. The van der Waals surface area contributed by atoms with Gasteiger partial charge >= 0.3 is 5.97 Å². The van der Waals surface area contributed by atoms with Gasteiger partial charge in [0.25, 0.3) is 0 Å². The van der Waals surface area contributed by atoms with Crippen LogP contribution in [0.25, 0.3) is 10.9 Å². The Morgan fingerprint density at radius 2 is 1.63 bits per heavy atom. The Morgan fingerprint density at radius 3 is 2.34 bits per heavy atom. The average Bonchev–Trinajstić information content (AvgIpc) is 3.24. The fraction of sp³-hybridized carbons (Fsp3) is 0.250. The largest absolute Gasteiger partial charge is 0.508 e. The van der Waals surface area contributed by atoms with E-state index in [1.165, 1.54) is 12.1 Å². The lowest BCUT2D eigenvalue weighted by Crippen LogP contribution is -2.54. The van der Waals surface area contributed by atoms with Gasteiger partial charge in [-0.25, -0.2) is 0 Å². The number of phenolic OH excluding ortho intramolecular Hbond substituents is 1. The summed E-state index contributed by atoms with van der Waals surface area (Å²) in [5.74, 6) is -3.05. The van der Waals surface area contributed by atoms with Crippen molar-refractivity contribution in [2.24, 2.45) is 5.73 Å². The van der Waals surface area contributed by atoms with Gasteiger partial charge in [-0.1, -0.05) is 30.3 Å². The molecule has 35 heavy (non-hydrogen) atoms. The van der Waals surface area contributed by atoms with E-state index < -0.39 is 48.9 Å². The Morgan fingerprint density at radius 1 is 0.914 bits per heavy atom. The second-order valence-electron chi connectivity index (χ2n) is 7.99. The van der Waals surface area contributed by atoms with Gasteiger partial charge in [0.1, 0.15) is 18.3 Å². The molecule has 0 radical (unpaired) electrons. The maximum absolute atomic E-state index is 12.9. The molecule has 0 aliphatic carbocycles. The van der Waals surface area contributed by atoms with Gasteiger partial charge in [-0.3, -0.25) is 19.2 Å². The van der Waals surface area contributed by atoms with Crippen molar-refractivity contribution in [3.05, 3.63) is 65.9 Å². The van der Waals surface area contributed by atoms with Crippen LogP contribution in [0.15, 0.2) is 54.7 Å². The van der Waals surface area contributed by atoms with E-state index in [1.807, 2.05) is 24.3 Å². The quantitative estimate of drug-likeness (QED) is 0.197. The number of nitrogens with two attached hydrogens (primary N) is 1. The summed E-state index contributed by atoms with van der Waals surface area (Å²) in [4.78, 5) is 51.1. The standard InChI is InChI=1S/C24H27N5O6/c25-18(10-15-11-26-19-4-2-1-3-17(15)19)23(34)29-20(9-14-5-7-16(30)8-6-14)24(35)28-12-21(31)27-13-22(32)33/h1-8,11,18,20,26,30H,9-10,12-13,25H2,(H,27,31)(H,28,35)(H,29,34)(H,32,33). The van der Waals surface area contributed by atoms with Crippen molar-refractivity contribution in [2.75, 3.05) is 13.1 Å². The molecule has 0 spiro atoms. The zero-order valence-corrected chi connectivity index (χ0v) is 18.8. The van der Waals surface area contributed by atoms with Crippen LogP contribution < -0.4 is 21.7 Å². The van der Waals surface area contributed by atoms with Gasteiger partial charge < -0.3 is 36.9 Å². The summed E-state index contributed by atoms with van der Waals surface area (Å²) in [6.07, 6.45) is 2.10. The van der Waals surface area contributed by atoms with Gasteiger partial charge in [-0.15, -0.1) is 0 Å². The fourth-order valence-corrected chi connectivity index (χ4v) is 3.51. The van der Waals surface area contributed by atoms with Gasteiger partial charge in [0, 0.05) is 23.5 Å². The van der Waals surface area contributed by atoms with Crippen LogP contribution in [-0.2, 0) is 32.0 Å². The van der Waals surface area contributed by atoms with Crippen LogP contribution >= 0.6 is 0 Å². The molecule has 0 aliphatic rings. The molecule has 3 aromatic rings. The molecule has 1 aromatic heterocycles. The van der Waals surface area contributed by atoms with E-state index in [2.05, 4.69) is 20.9 Å². The predicted octanol–water partition coefficient (Wildman–Crippen LogP) is -0.212. The maximum Gasteiger partial charge on any atom is 0.322 e. The van der Waals surface area contributed by atoms with Crippen LogP contribution in [0, 0.1) is 0 Å².